The molecule has 22 heavy (non-hydrogen) atoms. The quantitative estimate of drug-likeness (QED) is 0.730. The van der Waals surface area contributed by atoms with E-state index in [0.29, 0.717) is 5.56 Å². The number of imidazole rings is 1. The Morgan fingerprint density at radius 1 is 1.36 bits per heavy atom. The van der Waals surface area contributed by atoms with Gasteiger partial charge in [0, 0.05) is 30.5 Å². The number of hydrogen-bond donors (Lipinski definition) is 0. The summed E-state index contributed by atoms with van der Waals surface area (Å²) in [5, 5.41) is 2.05. The first-order chi connectivity index (χ1) is 10.8. The van der Waals surface area contributed by atoms with Crippen LogP contribution >= 0.6 is 11.3 Å². The molecule has 1 aliphatic rings. The molecule has 0 spiro atoms. The highest BCUT2D eigenvalue weighted by Crippen LogP contribution is 2.34. The van der Waals surface area contributed by atoms with Gasteiger partial charge in [0.15, 0.2) is 0 Å². The molecule has 3 aromatic rings. The average Bonchev–Trinajstić information content (AvgIpc) is 3.18. The van der Waals surface area contributed by atoms with Gasteiger partial charge >= 0.3 is 0 Å². The second kappa shape index (κ2) is 5.53. The average molecular weight is 312 g/mol. The van der Waals surface area contributed by atoms with Crippen molar-refractivity contribution in [2.45, 2.75) is 25.3 Å². The van der Waals surface area contributed by atoms with Crippen LogP contribution in [-0.4, -0.2) is 31.7 Å². The van der Waals surface area contributed by atoms with Crippen LogP contribution in [0.15, 0.2) is 42.4 Å². The zero-order valence-corrected chi connectivity index (χ0v) is 12.9. The monoisotopic (exact) mass is 312 g/mol. The van der Waals surface area contributed by atoms with E-state index in [-0.39, 0.29) is 11.9 Å². The van der Waals surface area contributed by atoms with Gasteiger partial charge < -0.3 is 4.90 Å². The maximum absolute atomic E-state index is 12.8. The Labute approximate surface area is 132 Å². The van der Waals surface area contributed by atoms with E-state index in [0.717, 1.165) is 36.3 Å². The lowest BCUT2D eigenvalue weighted by Gasteiger charge is -2.34. The van der Waals surface area contributed by atoms with Gasteiger partial charge in [0.25, 0.3) is 5.91 Å². The standard InChI is InChI=1S/C16H16N4OS/c21-15(12-4-3-6-17-10-12)20-7-2-1-5-13(20)14-16-19(11-18-14)8-9-22-16/h3-4,6,8-11,13H,1-2,5,7H2. The summed E-state index contributed by atoms with van der Waals surface area (Å²) in [6.45, 7) is 0.781. The van der Waals surface area contributed by atoms with Crippen molar-refractivity contribution in [1.29, 1.82) is 0 Å². The summed E-state index contributed by atoms with van der Waals surface area (Å²) in [4.78, 5) is 24.6. The van der Waals surface area contributed by atoms with Crippen molar-refractivity contribution >= 4 is 22.1 Å². The zero-order valence-electron chi connectivity index (χ0n) is 12.1. The minimum Gasteiger partial charge on any atom is -0.330 e. The third-order valence-corrected chi connectivity index (χ3v) is 5.06. The number of piperidine rings is 1. The Morgan fingerprint density at radius 2 is 2.32 bits per heavy atom. The first kappa shape index (κ1) is 13.5. The molecule has 4 rings (SSSR count). The van der Waals surface area contributed by atoms with Gasteiger partial charge in [-0.15, -0.1) is 11.3 Å². The molecule has 1 amide bonds. The lowest BCUT2D eigenvalue weighted by molar-refractivity contribution is 0.0608. The predicted octanol–water partition coefficient (Wildman–Crippen LogP) is 3.16. The molecule has 0 bridgehead atoms. The molecule has 1 atom stereocenters. The van der Waals surface area contributed by atoms with E-state index in [4.69, 9.17) is 0 Å². The summed E-state index contributed by atoms with van der Waals surface area (Å²) in [5.74, 6) is 0.0514. The number of thiazole rings is 1. The highest BCUT2D eigenvalue weighted by atomic mass is 32.1. The molecule has 3 aromatic heterocycles. The Kier molecular flexibility index (Phi) is 3.38. The highest BCUT2D eigenvalue weighted by molar-refractivity contribution is 7.15. The van der Waals surface area contributed by atoms with Crippen LogP contribution in [0.4, 0.5) is 0 Å². The summed E-state index contributed by atoms with van der Waals surface area (Å²) in [7, 11) is 0. The molecular weight excluding hydrogens is 296 g/mol. The Balaban J connectivity index is 1.71. The van der Waals surface area contributed by atoms with E-state index >= 15 is 0 Å². The fourth-order valence-corrected chi connectivity index (χ4v) is 3.95. The maximum atomic E-state index is 12.8. The summed E-state index contributed by atoms with van der Waals surface area (Å²) >= 11 is 1.67. The maximum Gasteiger partial charge on any atom is 0.255 e. The molecule has 0 radical (unpaired) electrons. The number of nitrogens with zero attached hydrogens (tertiary/aromatic N) is 4. The molecule has 6 heteroatoms. The van der Waals surface area contributed by atoms with Crippen LogP contribution in [0.5, 0.6) is 0 Å². The number of fused-ring (bicyclic) bond motifs is 1. The minimum absolute atomic E-state index is 0.0514. The van der Waals surface area contributed by atoms with Gasteiger partial charge in [-0.3, -0.25) is 14.2 Å². The number of amides is 1. The normalized spacial score (nSPS) is 18.7. The molecular formula is C16H16N4OS. The van der Waals surface area contributed by atoms with E-state index in [1.165, 1.54) is 0 Å². The fraction of sp³-hybridized carbons (Fsp3) is 0.312. The van der Waals surface area contributed by atoms with Crippen LogP contribution in [0.1, 0.15) is 41.4 Å². The summed E-state index contributed by atoms with van der Waals surface area (Å²) < 4.78 is 2.03. The molecule has 1 saturated heterocycles. The number of rotatable bonds is 2. The smallest absolute Gasteiger partial charge is 0.255 e. The highest BCUT2D eigenvalue weighted by Gasteiger charge is 2.31. The third kappa shape index (κ3) is 2.20. The number of aromatic nitrogens is 3. The summed E-state index contributed by atoms with van der Waals surface area (Å²) in [5.41, 5.74) is 1.67. The second-order valence-corrected chi connectivity index (χ2v) is 6.39. The van der Waals surface area contributed by atoms with Crippen molar-refractivity contribution in [3.8, 4) is 0 Å². The topological polar surface area (TPSA) is 50.5 Å². The van der Waals surface area contributed by atoms with Crippen LogP contribution in [0.2, 0.25) is 0 Å². The molecule has 1 unspecified atom stereocenters. The lowest BCUT2D eigenvalue weighted by Crippen LogP contribution is -2.38. The number of carbonyl (C=O) groups excluding carboxylic acids is 1. The van der Waals surface area contributed by atoms with Crippen molar-refractivity contribution in [3.05, 3.63) is 53.7 Å². The first-order valence-electron chi connectivity index (χ1n) is 7.45. The molecule has 5 nitrogen and oxygen atoms in total. The van der Waals surface area contributed by atoms with Gasteiger partial charge in [-0.25, -0.2) is 4.98 Å². The van der Waals surface area contributed by atoms with Crippen LogP contribution < -0.4 is 0 Å². The van der Waals surface area contributed by atoms with Crippen molar-refractivity contribution in [2.24, 2.45) is 0 Å². The third-order valence-electron chi connectivity index (χ3n) is 4.16. The fourth-order valence-electron chi connectivity index (χ4n) is 3.09. The number of pyridine rings is 1. The van der Waals surface area contributed by atoms with Crippen molar-refractivity contribution in [2.75, 3.05) is 6.54 Å². The number of likely N-dealkylation sites (tertiary alicyclic amines) is 1. The van der Waals surface area contributed by atoms with E-state index in [1.807, 2.05) is 27.9 Å². The predicted molar refractivity (Wildman–Crippen MR) is 84.9 cm³/mol. The Hall–Kier alpha value is -2.21. The van der Waals surface area contributed by atoms with E-state index in [2.05, 4.69) is 15.3 Å². The first-order valence-corrected chi connectivity index (χ1v) is 8.33. The van der Waals surface area contributed by atoms with Gasteiger partial charge in [0.05, 0.1) is 17.3 Å². The lowest BCUT2D eigenvalue weighted by atomic mass is 9.99. The van der Waals surface area contributed by atoms with E-state index in [1.54, 1.807) is 29.8 Å². The van der Waals surface area contributed by atoms with Gasteiger partial charge in [-0.2, -0.15) is 0 Å². The minimum atomic E-state index is 0.0514. The molecule has 4 heterocycles. The molecule has 112 valence electrons. The summed E-state index contributed by atoms with van der Waals surface area (Å²) in [6.07, 6.45) is 10.3. The van der Waals surface area contributed by atoms with Crippen molar-refractivity contribution in [1.82, 2.24) is 19.3 Å². The van der Waals surface area contributed by atoms with Crippen LogP contribution in [0.25, 0.3) is 4.83 Å². The van der Waals surface area contributed by atoms with E-state index < -0.39 is 0 Å². The van der Waals surface area contributed by atoms with Crippen LogP contribution in [-0.2, 0) is 0 Å². The van der Waals surface area contributed by atoms with Gasteiger partial charge in [-0.05, 0) is 31.4 Å². The van der Waals surface area contributed by atoms with Gasteiger partial charge in [0.2, 0.25) is 0 Å². The molecule has 1 fully saturated rings. The van der Waals surface area contributed by atoms with Crippen LogP contribution in [0.3, 0.4) is 0 Å². The largest absolute Gasteiger partial charge is 0.330 e. The molecule has 0 N–H and O–H groups in total. The Morgan fingerprint density at radius 3 is 3.18 bits per heavy atom. The van der Waals surface area contributed by atoms with E-state index in [9.17, 15) is 4.79 Å². The Bertz CT molecular complexity index is 795. The molecule has 0 aromatic carbocycles. The molecule has 0 aliphatic carbocycles. The summed E-state index contributed by atoms with van der Waals surface area (Å²) in [6, 6.07) is 3.69. The van der Waals surface area contributed by atoms with Crippen molar-refractivity contribution < 1.29 is 4.79 Å². The van der Waals surface area contributed by atoms with Gasteiger partial charge in [0.1, 0.15) is 11.2 Å². The number of hydrogen-bond acceptors (Lipinski definition) is 4. The van der Waals surface area contributed by atoms with Crippen LogP contribution in [0, 0.1) is 0 Å². The molecule has 0 saturated carbocycles. The zero-order chi connectivity index (χ0) is 14.9. The van der Waals surface area contributed by atoms with Gasteiger partial charge in [-0.1, -0.05) is 0 Å². The SMILES string of the molecule is O=C(c1cccnc1)N1CCCCC1c1ncn2ccsc12. The van der Waals surface area contributed by atoms with Crippen molar-refractivity contribution in [3.63, 3.8) is 0 Å². The second-order valence-electron chi connectivity index (χ2n) is 5.50. The molecule has 1 aliphatic heterocycles. The number of carbonyl (C=O) groups is 1.